The molecule has 0 saturated carbocycles. The van der Waals surface area contributed by atoms with Crippen molar-refractivity contribution in [2.24, 2.45) is 5.73 Å². The number of piperidine rings is 1. The maximum Gasteiger partial charge on any atom is 0.249 e. The Hall–Kier alpha value is -2.42. The molecule has 30 heavy (non-hydrogen) atoms. The number of ether oxygens (including phenoxy) is 2. The molecule has 0 radical (unpaired) electrons. The van der Waals surface area contributed by atoms with E-state index in [1.165, 1.54) is 0 Å². The number of hydrogen-bond acceptors (Lipinski definition) is 6. The zero-order valence-electron chi connectivity index (χ0n) is 17.4. The lowest BCUT2D eigenvalue weighted by Crippen LogP contribution is -2.41. The average Bonchev–Trinajstić information content (AvgIpc) is 3.16. The maximum atomic E-state index is 12.2. The molecule has 0 bridgehead atoms. The Labute approximate surface area is 177 Å². The van der Waals surface area contributed by atoms with Crippen molar-refractivity contribution in [2.75, 3.05) is 44.8 Å². The molecule has 1 unspecified atom stereocenters. The maximum absolute atomic E-state index is 12.2. The van der Waals surface area contributed by atoms with Crippen LogP contribution >= 0.6 is 0 Å². The van der Waals surface area contributed by atoms with E-state index in [-0.39, 0.29) is 17.9 Å². The summed E-state index contributed by atoms with van der Waals surface area (Å²) in [6, 6.07) is 5.73. The Morgan fingerprint density at radius 1 is 1.07 bits per heavy atom. The van der Waals surface area contributed by atoms with Gasteiger partial charge in [-0.3, -0.25) is 14.9 Å². The number of imide groups is 1. The molecule has 2 aromatic rings. The molecule has 164 valence electrons. The van der Waals surface area contributed by atoms with Gasteiger partial charge < -0.3 is 25.1 Å². The minimum Gasteiger partial charge on any atom is -0.384 e. The van der Waals surface area contributed by atoms with Crippen molar-refractivity contribution in [1.29, 1.82) is 0 Å². The van der Waals surface area contributed by atoms with Gasteiger partial charge in [0.05, 0.1) is 0 Å². The predicted octanol–water partition coefficient (Wildman–Crippen LogP) is 2.19. The highest BCUT2D eigenvalue weighted by Crippen LogP contribution is 2.28. The van der Waals surface area contributed by atoms with Gasteiger partial charge in [0.2, 0.25) is 11.8 Å². The van der Waals surface area contributed by atoms with Gasteiger partial charge in [0.15, 0.2) is 0 Å². The number of carbonyl (C=O) groups is 2. The Balaban J connectivity index is 1.42. The van der Waals surface area contributed by atoms with Gasteiger partial charge in [-0.15, -0.1) is 0 Å². The van der Waals surface area contributed by atoms with E-state index in [4.69, 9.17) is 15.2 Å². The molecule has 1 aromatic heterocycles. The number of aromatic nitrogens is 1. The van der Waals surface area contributed by atoms with Gasteiger partial charge in [0, 0.05) is 68.2 Å². The van der Waals surface area contributed by atoms with Gasteiger partial charge >= 0.3 is 0 Å². The monoisotopic (exact) mass is 416 g/mol. The fourth-order valence-electron chi connectivity index (χ4n) is 3.54. The second kappa shape index (κ2) is 11.7. The van der Waals surface area contributed by atoms with E-state index in [9.17, 15) is 9.59 Å². The lowest BCUT2D eigenvalue weighted by Gasteiger charge is -2.22. The first-order valence-electron chi connectivity index (χ1n) is 10.7. The molecule has 0 aliphatic carbocycles. The fraction of sp³-hybridized carbons (Fsp3) is 0.545. The first-order valence-corrected chi connectivity index (χ1v) is 10.7. The Bertz CT molecular complexity index is 836. The topological polar surface area (TPSA) is 108 Å². The number of hydrogen-bond donors (Lipinski definition) is 3. The molecule has 0 spiro atoms. The molecule has 3 rings (SSSR count). The SMILES string of the molecule is NCCCOCCCOCCCNc1cccc2cn(C3CCC(=O)NC3=O)cc12. The van der Waals surface area contributed by atoms with Crippen LogP contribution in [0.25, 0.3) is 10.8 Å². The van der Waals surface area contributed by atoms with Crippen LogP contribution in [-0.4, -0.2) is 55.9 Å². The number of carbonyl (C=O) groups excluding carboxylic acids is 2. The third kappa shape index (κ3) is 6.29. The minimum absolute atomic E-state index is 0.198. The van der Waals surface area contributed by atoms with Gasteiger partial charge in [0.25, 0.3) is 0 Å². The summed E-state index contributed by atoms with van der Waals surface area (Å²) in [5.41, 5.74) is 6.45. The number of nitrogens with one attached hydrogen (secondary N) is 2. The van der Waals surface area contributed by atoms with E-state index in [2.05, 4.69) is 10.6 Å². The first kappa shape index (κ1) is 22.3. The Kier molecular flexibility index (Phi) is 8.67. The van der Waals surface area contributed by atoms with Crippen molar-refractivity contribution in [3.8, 4) is 0 Å². The first-order chi connectivity index (χ1) is 14.7. The predicted molar refractivity (Wildman–Crippen MR) is 116 cm³/mol. The van der Waals surface area contributed by atoms with Gasteiger partial charge in [-0.05, 0) is 38.3 Å². The van der Waals surface area contributed by atoms with Crippen LogP contribution in [0, 0.1) is 0 Å². The summed E-state index contributed by atoms with van der Waals surface area (Å²) in [4.78, 5) is 23.5. The van der Waals surface area contributed by atoms with Crippen LogP contribution in [0.15, 0.2) is 30.6 Å². The zero-order chi connectivity index (χ0) is 21.2. The molecular formula is C22H32N4O4. The second-order valence-electron chi connectivity index (χ2n) is 7.48. The summed E-state index contributed by atoms with van der Waals surface area (Å²) in [7, 11) is 0. The minimum atomic E-state index is -0.337. The van der Waals surface area contributed by atoms with E-state index >= 15 is 0 Å². The van der Waals surface area contributed by atoms with Crippen LogP contribution in [0.3, 0.4) is 0 Å². The zero-order valence-corrected chi connectivity index (χ0v) is 17.4. The molecule has 1 aliphatic rings. The average molecular weight is 417 g/mol. The van der Waals surface area contributed by atoms with Crippen molar-refractivity contribution >= 4 is 28.3 Å². The highest BCUT2D eigenvalue weighted by Gasteiger charge is 2.27. The molecule has 2 amide bonds. The van der Waals surface area contributed by atoms with Crippen LogP contribution in [0.4, 0.5) is 5.69 Å². The van der Waals surface area contributed by atoms with Gasteiger partial charge in [-0.25, -0.2) is 0 Å². The van der Waals surface area contributed by atoms with Crippen molar-refractivity contribution in [1.82, 2.24) is 9.88 Å². The van der Waals surface area contributed by atoms with E-state index in [1.54, 1.807) is 0 Å². The number of nitrogens with zero attached hydrogens (tertiary/aromatic N) is 1. The highest BCUT2D eigenvalue weighted by atomic mass is 16.5. The van der Waals surface area contributed by atoms with Crippen molar-refractivity contribution in [3.05, 3.63) is 30.6 Å². The third-order valence-electron chi connectivity index (χ3n) is 5.13. The third-order valence-corrected chi connectivity index (χ3v) is 5.13. The normalized spacial score (nSPS) is 16.8. The van der Waals surface area contributed by atoms with E-state index < -0.39 is 0 Å². The van der Waals surface area contributed by atoms with Crippen molar-refractivity contribution in [3.63, 3.8) is 0 Å². The van der Waals surface area contributed by atoms with Crippen LogP contribution in [0.2, 0.25) is 0 Å². The lowest BCUT2D eigenvalue weighted by molar-refractivity contribution is -0.135. The van der Waals surface area contributed by atoms with Crippen LogP contribution in [0.5, 0.6) is 0 Å². The van der Waals surface area contributed by atoms with Crippen LogP contribution < -0.4 is 16.4 Å². The summed E-state index contributed by atoms with van der Waals surface area (Å²) in [5.74, 6) is -0.431. The summed E-state index contributed by atoms with van der Waals surface area (Å²) in [6.45, 7) is 4.30. The molecule has 1 fully saturated rings. The van der Waals surface area contributed by atoms with Gasteiger partial charge in [0.1, 0.15) is 6.04 Å². The van der Waals surface area contributed by atoms with Gasteiger partial charge in [-0.1, -0.05) is 12.1 Å². The number of nitrogens with two attached hydrogens (primary N) is 1. The van der Waals surface area contributed by atoms with Crippen molar-refractivity contribution in [2.45, 2.75) is 38.1 Å². The summed E-state index contributed by atoms with van der Waals surface area (Å²) < 4.78 is 13.0. The van der Waals surface area contributed by atoms with E-state index in [1.807, 2.05) is 35.2 Å². The number of benzene rings is 1. The quantitative estimate of drug-likeness (QED) is 0.341. The summed E-state index contributed by atoms with van der Waals surface area (Å²) in [6.07, 6.45) is 7.55. The molecule has 8 nitrogen and oxygen atoms in total. The molecule has 4 N–H and O–H groups in total. The standard InChI is InChI=1S/C22H32N4O4/c23-9-2-11-29-13-4-14-30-12-3-10-24-19-6-1-5-17-15-26(16-18(17)19)20-7-8-21(27)25-22(20)28/h1,5-6,15-16,20,24H,2-4,7-14,23H2,(H,25,27,28). The molecule has 2 heterocycles. The summed E-state index contributed by atoms with van der Waals surface area (Å²) in [5, 5.41) is 8.02. The highest BCUT2D eigenvalue weighted by molar-refractivity contribution is 6.00. The largest absolute Gasteiger partial charge is 0.384 e. The lowest BCUT2D eigenvalue weighted by atomic mass is 10.1. The molecular weight excluding hydrogens is 384 g/mol. The number of fused-ring (bicyclic) bond motifs is 1. The molecule has 1 atom stereocenters. The molecule has 1 aliphatic heterocycles. The summed E-state index contributed by atoms with van der Waals surface area (Å²) >= 11 is 0. The molecule has 1 saturated heterocycles. The Morgan fingerprint density at radius 2 is 1.83 bits per heavy atom. The molecule has 8 heteroatoms. The van der Waals surface area contributed by atoms with Gasteiger partial charge in [-0.2, -0.15) is 0 Å². The van der Waals surface area contributed by atoms with E-state index in [0.717, 1.165) is 48.9 Å². The van der Waals surface area contributed by atoms with Crippen LogP contribution in [0.1, 0.15) is 38.1 Å². The number of amides is 2. The van der Waals surface area contributed by atoms with Crippen LogP contribution in [-0.2, 0) is 19.1 Å². The van der Waals surface area contributed by atoms with Crippen molar-refractivity contribution < 1.29 is 19.1 Å². The molecule has 1 aromatic carbocycles. The van der Waals surface area contributed by atoms with E-state index in [0.29, 0.717) is 39.2 Å². The second-order valence-corrected chi connectivity index (χ2v) is 7.48. The fourth-order valence-corrected chi connectivity index (χ4v) is 3.54. The number of anilines is 1. The smallest absolute Gasteiger partial charge is 0.249 e. The number of rotatable bonds is 13. The Morgan fingerprint density at radius 3 is 2.60 bits per heavy atom.